The zero-order valence-corrected chi connectivity index (χ0v) is 17.6. The summed E-state index contributed by atoms with van der Waals surface area (Å²) >= 11 is 0. The number of ether oxygens (including phenoxy) is 2. The number of carbonyl (C=O) groups is 1. The molecule has 1 heterocycles. The van der Waals surface area contributed by atoms with Crippen molar-refractivity contribution in [1.82, 2.24) is 10.2 Å². The molecule has 31 heavy (non-hydrogen) atoms. The second-order valence-electron chi connectivity index (χ2n) is 7.69. The maximum atomic E-state index is 12.6. The summed E-state index contributed by atoms with van der Waals surface area (Å²) in [5.41, 5.74) is 3.99. The number of benzene rings is 3. The molecule has 0 spiro atoms. The van der Waals surface area contributed by atoms with Crippen LogP contribution >= 0.6 is 0 Å². The monoisotopic (exact) mass is 416 g/mol. The first kappa shape index (κ1) is 21.1. The molecule has 0 bridgehead atoms. The second kappa shape index (κ2) is 10.8. The molecule has 1 fully saturated rings. The lowest BCUT2D eigenvalue weighted by molar-refractivity contribution is 0.0342. The zero-order chi connectivity index (χ0) is 21.3. The van der Waals surface area contributed by atoms with Gasteiger partial charge in [0.25, 0.3) is 5.91 Å². The van der Waals surface area contributed by atoms with Crippen molar-refractivity contribution in [3.8, 4) is 5.75 Å². The SMILES string of the molecule is O=C(NCc1ccc(COc2ccccc2)cc1)c1cccc(CN2CCOCC2)c1. The third-order valence-electron chi connectivity index (χ3n) is 5.32. The molecule has 0 atom stereocenters. The van der Waals surface area contributed by atoms with E-state index in [9.17, 15) is 4.79 Å². The normalized spacial score (nSPS) is 14.2. The summed E-state index contributed by atoms with van der Waals surface area (Å²) in [6, 6.07) is 25.8. The number of nitrogens with one attached hydrogen (secondary N) is 1. The van der Waals surface area contributed by atoms with Crippen molar-refractivity contribution in [2.75, 3.05) is 26.3 Å². The van der Waals surface area contributed by atoms with E-state index in [0.29, 0.717) is 18.7 Å². The lowest BCUT2D eigenvalue weighted by atomic mass is 10.1. The minimum absolute atomic E-state index is 0.0553. The first-order valence-electron chi connectivity index (χ1n) is 10.7. The Morgan fingerprint density at radius 2 is 1.61 bits per heavy atom. The number of carbonyl (C=O) groups excluding carboxylic acids is 1. The predicted molar refractivity (Wildman–Crippen MR) is 121 cm³/mol. The Labute approximate surface area is 183 Å². The number of hydrogen-bond acceptors (Lipinski definition) is 4. The third-order valence-corrected chi connectivity index (χ3v) is 5.32. The van der Waals surface area contributed by atoms with Gasteiger partial charge in [0.2, 0.25) is 0 Å². The van der Waals surface area contributed by atoms with Crippen molar-refractivity contribution in [3.05, 3.63) is 101 Å². The first-order chi connectivity index (χ1) is 15.3. The Kier molecular flexibility index (Phi) is 7.32. The smallest absolute Gasteiger partial charge is 0.251 e. The van der Waals surface area contributed by atoms with Gasteiger partial charge in [0.05, 0.1) is 13.2 Å². The summed E-state index contributed by atoms with van der Waals surface area (Å²) in [5, 5.41) is 3.02. The van der Waals surface area contributed by atoms with Crippen LogP contribution in [0.4, 0.5) is 0 Å². The molecule has 1 amide bonds. The summed E-state index contributed by atoms with van der Waals surface area (Å²) in [7, 11) is 0. The highest BCUT2D eigenvalue weighted by molar-refractivity contribution is 5.94. The highest BCUT2D eigenvalue weighted by Gasteiger charge is 2.12. The molecule has 1 N–H and O–H groups in total. The van der Waals surface area contributed by atoms with Gasteiger partial charge in [-0.25, -0.2) is 0 Å². The Bertz CT molecular complexity index is 967. The molecule has 1 aliphatic rings. The van der Waals surface area contributed by atoms with Crippen LogP contribution in [0, 0.1) is 0 Å². The van der Waals surface area contributed by atoms with E-state index in [2.05, 4.69) is 16.3 Å². The molecule has 0 aromatic heterocycles. The maximum Gasteiger partial charge on any atom is 0.251 e. The molecule has 3 aromatic carbocycles. The van der Waals surface area contributed by atoms with Gasteiger partial charge in [0, 0.05) is 31.7 Å². The van der Waals surface area contributed by atoms with Crippen LogP contribution in [0.1, 0.15) is 27.0 Å². The fourth-order valence-electron chi connectivity index (χ4n) is 3.55. The first-order valence-corrected chi connectivity index (χ1v) is 10.7. The van der Waals surface area contributed by atoms with E-state index in [0.717, 1.165) is 55.3 Å². The molecule has 1 aliphatic heterocycles. The van der Waals surface area contributed by atoms with E-state index >= 15 is 0 Å². The molecule has 0 aliphatic carbocycles. The molecule has 0 saturated carbocycles. The van der Waals surface area contributed by atoms with E-state index in [1.165, 1.54) is 0 Å². The van der Waals surface area contributed by atoms with Gasteiger partial charge in [-0.3, -0.25) is 9.69 Å². The van der Waals surface area contributed by atoms with Gasteiger partial charge in [-0.05, 0) is 41.0 Å². The number of nitrogens with zero attached hydrogens (tertiary/aromatic N) is 1. The zero-order valence-electron chi connectivity index (χ0n) is 17.6. The topological polar surface area (TPSA) is 50.8 Å². The summed E-state index contributed by atoms with van der Waals surface area (Å²) in [5.74, 6) is 0.801. The molecule has 5 nitrogen and oxygen atoms in total. The maximum absolute atomic E-state index is 12.6. The van der Waals surface area contributed by atoms with Crippen LogP contribution < -0.4 is 10.1 Å². The van der Waals surface area contributed by atoms with Gasteiger partial charge in [0.1, 0.15) is 12.4 Å². The van der Waals surface area contributed by atoms with Crippen molar-refractivity contribution in [2.24, 2.45) is 0 Å². The van der Waals surface area contributed by atoms with Gasteiger partial charge >= 0.3 is 0 Å². The number of hydrogen-bond donors (Lipinski definition) is 1. The van der Waals surface area contributed by atoms with Crippen LogP contribution in [0.5, 0.6) is 5.75 Å². The van der Waals surface area contributed by atoms with Crippen molar-refractivity contribution in [1.29, 1.82) is 0 Å². The van der Waals surface area contributed by atoms with Crippen molar-refractivity contribution >= 4 is 5.91 Å². The molecular weight excluding hydrogens is 388 g/mol. The van der Waals surface area contributed by atoms with E-state index in [4.69, 9.17) is 9.47 Å². The van der Waals surface area contributed by atoms with Gasteiger partial charge < -0.3 is 14.8 Å². The van der Waals surface area contributed by atoms with Crippen molar-refractivity contribution in [2.45, 2.75) is 19.7 Å². The number of morpholine rings is 1. The molecule has 0 radical (unpaired) electrons. The Balaban J connectivity index is 1.26. The minimum atomic E-state index is -0.0553. The summed E-state index contributed by atoms with van der Waals surface area (Å²) in [4.78, 5) is 15.0. The quantitative estimate of drug-likeness (QED) is 0.602. The average molecular weight is 417 g/mol. The Hall–Kier alpha value is -3.15. The molecule has 4 rings (SSSR count). The molecule has 5 heteroatoms. The van der Waals surface area contributed by atoms with Gasteiger partial charge in [-0.2, -0.15) is 0 Å². The number of amides is 1. The minimum Gasteiger partial charge on any atom is -0.489 e. The lowest BCUT2D eigenvalue weighted by Crippen LogP contribution is -2.35. The predicted octanol–water partition coefficient (Wildman–Crippen LogP) is 4.03. The van der Waals surface area contributed by atoms with Crippen molar-refractivity contribution < 1.29 is 14.3 Å². The Morgan fingerprint density at radius 3 is 2.39 bits per heavy atom. The highest BCUT2D eigenvalue weighted by Crippen LogP contribution is 2.13. The number of para-hydroxylation sites is 1. The van der Waals surface area contributed by atoms with Crippen LogP contribution in [-0.4, -0.2) is 37.1 Å². The van der Waals surface area contributed by atoms with E-state index in [-0.39, 0.29) is 5.91 Å². The van der Waals surface area contributed by atoms with Crippen LogP contribution in [0.2, 0.25) is 0 Å². The molecule has 1 saturated heterocycles. The highest BCUT2D eigenvalue weighted by atomic mass is 16.5. The fraction of sp³-hybridized carbons (Fsp3) is 0.269. The van der Waals surface area contributed by atoms with Gasteiger partial charge in [-0.1, -0.05) is 54.6 Å². The van der Waals surface area contributed by atoms with Crippen LogP contribution in [0.3, 0.4) is 0 Å². The van der Waals surface area contributed by atoms with Gasteiger partial charge in [-0.15, -0.1) is 0 Å². The van der Waals surface area contributed by atoms with Crippen LogP contribution in [0.15, 0.2) is 78.9 Å². The third kappa shape index (κ3) is 6.41. The molecule has 3 aromatic rings. The lowest BCUT2D eigenvalue weighted by Gasteiger charge is -2.26. The van der Waals surface area contributed by atoms with Gasteiger partial charge in [0.15, 0.2) is 0 Å². The largest absolute Gasteiger partial charge is 0.489 e. The van der Waals surface area contributed by atoms with Crippen LogP contribution in [0.25, 0.3) is 0 Å². The summed E-state index contributed by atoms with van der Waals surface area (Å²) in [6.07, 6.45) is 0. The summed E-state index contributed by atoms with van der Waals surface area (Å²) < 4.78 is 11.2. The summed E-state index contributed by atoms with van der Waals surface area (Å²) in [6.45, 7) is 5.27. The van der Waals surface area contributed by atoms with E-state index in [1.807, 2.05) is 72.8 Å². The molecule has 160 valence electrons. The average Bonchev–Trinajstić information content (AvgIpc) is 2.83. The van der Waals surface area contributed by atoms with Crippen molar-refractivity contribution in [3.63, 3.8) is 0 Å². The second-order valence-corrected chi connectivity index (χ2v) is 7.69. The fourth-order valence-corrected chi connectivity index (χ4v) is 3.55. The molecule has 0 unspecified atom stereocenters. The number of rotatable bonds is 8. The van der Waals surface area contributed by atoms with E-state index < -0.39 is 0 Å². The Morgan fingerprint density at radius 1 is 0.871 bits per heavy atom. The van der Waals surface area contributed by atoms with Crippen LogP contribution in [-0.2, 0) is 24.4 Å². The molecular formula is C26H28N2O3. The standard InChI is InChI=1S/C26H28N2O3/c29-26(24-6-4-5-23(17-24)19-28-13-15-30-16-14-28)27-18-21-9-11-22(12-10-21)20-31-25-7-2-1-3-8-25/h1-12,17H,13-16,18-20H2,(H,27,29). The van der Waals surface area contributed by atoms with E-state index in [1.54, 1.807) is 0 Å².